The minimum Gasteiger partial charge on any atom is -0.335 e. The monoisotopic (exact) mass is 220 g/mol. The molecule has 0 bridgehead atoms. The Morgan fingerprint density at radius 3 is 2.08 bits per heavy atom. The fourth-order valence-corrected chi connectivity index (χ4v) is 2.53. The molecule has 0 heterocycles. The quantitative estimate of drug-likeness (QED) is 0.759. The number of hydrogen-bond donors (Lipinski definition) is 1. The lowest BCUT2D eigenvalue weighted by Crippen LogP contribution is -1.93. The molecule has 0 saturated carbocycles. The minimum absolute atomic E-state index is 0.107. The van der Waals surface area contributed by atoms with Crippen LogP contribution in [0, 0.1) is 6.92 Å². The summed E-state index contributed by atoms with van der Waals surface area (Å²) in [6.45, 7) is 1.80. The average molecular weight is 220 g/mol. The van der Waals surface area contributed by atoms with E-state index in [0.717, 1.165) is 5.56 Å². The molecule has 13 heavy (non-hydrogen) atoms. The van der Waals surface area contributed by atoms with Gasteiger partial charge in [0.2, 0.25) is 0 Å². The molecule has 1 unspecified atom stereocenters. The molecule has 1 N–H and O–H groups in total. The van der Waals surface area contributed by atoms with Crippen LogP contribution in [0.5, 0.6) is 0 Å². The number of rotatable bonds is 2. The van der Waals surface area contributed by atoms with Crippen LogP contribution in [-0.4, -0.2) is 13.3 Å². The van der Waals surface area contributed by atoms with Crippen LogP contribution in [0.3, 0.4) is 0 Å². The van der Waals surface area contributed by atoms with Crippen molar-refractivity contribution in [3.63, 3.8) is 0 Å². The van der Waals surface area contributed by atoms with E-state index in [1.807, 2.05) is 0 Å². The van der Waals surface area contributed by atoms with Crippen molar-refractivity contribution < 1.29 is 17.9 Å². The van der Waals surface area contributed by atoms with E-state index < -0.39 is 16.7 Å². The van der Waals surface area contributed by atoms with Crippen LogP contribution in [0.4, 0.5) is 0 Å². The van der Waals surface area contributed by atoms with E-state index in [9.17, 15) is 13.0 Å². The highest BCUT2D eigenvalue weighted by molar-refractivity contribution is 8.44. The van der Waals surface area contributed by atoms with Gasteiger partial charge in [0.25, 0.3) is 9.46 Å². The summed E-state index contributed by atoms with van der Waals surface area (Å²) in [7, 11) is -7.55. The summed E-state index contributed by atoms with van der Waals surface area (Å²) in [6.07, 6.45) is 0. The molecule has 4 nitrogen and oxygen atoms in total. The molecule has 0 fully saturated rings. The zero-order valence-corrected chi connectivity index (χ0v) is 8.71. The van der Waals surface area contributed by atoms with Crippen LogP contribution in [0.2, 0.25) is 0 Å². The van der Waals surface area contributed by atoms with Crippen molar-refractivity contribution in [1.82, 2.24) is 0 Å². The Kier molecular flexibility index (Phi) is 2.91. The van der Waals surface area contributed by atoms with Gasteiger partial charge in [-0.15, -0.1) is 0 Å². The standard InChI is InChI=1S/C7H9O4PS/c1-6-2-4-7(5-3-6)13(10,11)12(8)9/h2-5,12H,1H3,(H,8,9). The van der Waals surface area contributed by atoms with Crippen LogP contribution >= 0.6 is 7.23 Å². The third-order valence-corrected chi connectivity index (χ3v) is 5.00. The zero-order valence-electron chi connectivity index (χ0n) is 6.89. The first kappa shape index (κ1) is 10.4. The molecule has 1 aromatic carbocycles. The average Bonchev–Trinajstić information content (AvgIpc) is 2.04. The minimum atomic E-state index is -3.99. The van der Waals surface area contributed by atoms with Gasteiger partial charge in [-0.1, -0.05) is 17.7 Å². The highest BCUT2D eigenvalue weighted by atomic mass is 32.8. The molecule has 0 aliphatic heterocycles. The van der Waals surface area contributed by atoms with Crippen LogP contribution in [-0.2, 0) is 14.0 Å². The molecule has 1 rings (SSSR count). The fourth-order valence-electron chi connectivity index (χ4n) is 0.818. The van der Waals surface area contributed by atoms with Gasteiger partial charge >= 0.3 is 7.23 Å². The molecule has 0 saturated heterocycles. The summed E-state index contributed by atoms with van der Waals surface area (Å²) in [4.78, 5) is 8.45. The molecule has 0 aliphatic rings. The van der Waals surface area contributed by atoms with Gasteiger partial charge in [0, 0.05) is 0 Å². The van der Waals surface area contributed by atoms with Crippen molar-refractivity contribution in [2.45, 2.75) is 11.8 Å². The van der Waals surface area contributed by atoms with Crippen molar-refractivity contribution in [2.75, 3.05) is 0 Å². The second-order valence-electron chi connectivity index (χ2n) is 2.58. The third-order valence-electron chi connectivity index (χ3n) is 1.56. The summed E-state index contributed by atoms with van der Waals surface area (Å²) in [5.41, 5.74) is 0.900. The molecule has 1 aromatic rings. The van der Waals surface area contributed by atoms with E-state index in [1.54, 1.807) is 19.1 Å². The first-order chi connectivity index (χ1) is 5.94. The van der Waals surface area contributed by atoms with E-state index in [2.05, 4.69) is 0 Å². The van der Waals surface area contributed by atoms with Gasteiger partial charge in [-0.3, -0.25) is 4.57 Å². The van der Waals surface area contributed by atoms with E-state index >= 15 is 0 Å². The second-order valence-corrected chi connectivity index (χ2v) is 7.25. The molecule has 0 spiro atoms. The van der Waals surface area contributed by atoms with E-state index in [4.69, 9.17) is 4.89 Å². The largest absolute Gasteiger partial charge is 0.335 e. The van der Waals surface area contributed by atoms with Crippen LogP contribution in [0.15, 0.2) is 29.2 Å². The van der Waals surface area contributed by atoms with Crippen molar-refractivity contribution in [1.29, 1.82) is 0 Å². The highest BCUT2D eigenvalue weighted by Gasteiger charge is 2.19. The van der Waals surface area contributed by atoms with Gasteiger partial charge in [-0.2, -0.15) is 0 Å². The summed E-state index contributed by atoms with van der Waals surface area (Å²) in [5.74, 6) is 0. The van der Waals surface area contributed by atoms with Crippen LogP contribution < -0.4 is 0 Å². The van der Waals surface area contributed by atoms with E-state index in [1.165, 1.54) is 12.1 Å². The molecule has 0 aliphatic carbocycles. The topological polar surface area (TPSA) is 71.4 Å². The lowest BCUT2D eigenvalue weighted by atomic mass is 10.2. The fraction of sp³-hybridized carbons (Fsp3) is 0.143. The van der Waals surface area contributed by atoms with Gasteiger partial charge in [0.15, 0.2) is 0 Å². The molecule has 6 heteroatoms. The predicted molar refractivity (Wildman–Crippen MR) is 49.6 cm³/mol. The molecule has 1 atom stereocenters. The van der Waals surface area contributed by atoms with Gasteiger partial charge < -0.3 is 4.89 Å². The Bertz CT molecular complexity index is 420. The molecular weight excluding hydrogens is 211 g/mol. The maximum atomic E-state index is 11.1. The Labute approximate surface area is 76.8 Å². The Morgan fingerprint density at radius 1 is 1.23 bits per heavy atom. The van der Waals surface area contributed by atoms with Crippen molar-refractivity contribution in [2.24, 2.45) is 0 Å². The van der Waals surface area contributed by atoms with E-state index in [-0.39, 0.29) is 4.90 Å². The first-order valence-electron chi connectivity index (χ1n) is 3.49. The summed E-state index contributed by atoms with van der Waals surface area (Å²) in [6, 6.07) is 5.81. The van der Waals surface area contributed by atoms with Gasteiger partial charge in [0.1, 0.15) is 0 Å². The number of aryl methyl sites for hydroxylation is 1. The van der Waals surface area contributed by atoms with Crippen molar-refractivity contribution in [3.05, 3.63) is 29.8 Å². The molecule has 0 amide bonds. The summed E-state index contributed by atoms with van der Waals surface area (Å²) in [5, 5.41) is 0. The predicted octanol–water partition coefficient (Wildman–Crippen LogP) is 1.15. The van der Waals surface area contributed by atoms with Crippen molar-refractivity contribution in [3.8, 4) is 0 Å². The Morgan fingerprint density at radius 2 is 1.69 bits per heavy atom. The lowest BCUT2D eigenvalue weighted by molar-refractivity contribution is 0.510. The Hall–Kier alpha value is -0.640. The zero-order chi connectivity index (χ0) is 10.1. The summed E-state index contributed by atoms with van der Waals surface area (Å²) >= 11 is 0. The van der Waals surface area contributed by atoms with Gasteiger partial charge in [-0.25, -0.2) is 8.42 Å². The Balaban J connectivity index is 3.25. The lowest BCUT2D eigenvalue weighted by Gasteiger charge is -1.99. The van der Waals surface area contributed by atoms with Crippen LogP contribution in [0.25, 0.3) is 0 Å². The van der Waals surface area contributed by atoms with Gasteiger partial charge in [0.05, 0.1) is 4.90 Å². The third kappa shape index (κ3) is 2.18. The normalized spacial score (nSPS) is 14.0. The second kappa shape index (κ2) is 3.62. The molecule has 0 radical (unpaired) electrons. The first-order valence-corrected chi connectivity index (χ1v) is 7.05. The molecule has 0 aromatic heterocycles. The summed E-state index contributed by atoms with van der Waals surface area (Å²) < 4.78 is 32.8. The SMILES string of the molecule is Cc1ccc(S(=O)(=O)[PH](=O)O)cc1. The van der Waals surface area contributed by atoms with E-state index in [0.29, 0.717) is 0 Å². The maximum Gasteiger partial charge on any atom is 0.305 e. The number of benzene rings is 1. The van der Waals surface area contributed by atoms with Crippen LogP contribution in [0.1, 0.15) is 5.56 Å². The maximum absolute atomic E-state index is 11.1. The smallest absolute Gasteiger partial charge is 0.305 e. The highest BCUT2D eigenvalue weighted by Crippen LogP contribution is 2.31. The number of hydrogen-bond acceptors (Lipinski definition) is 3. The van der Waals surface area contributed by atoms with Crippen molar-refractivity contribution >= 4 is 16.7 Å². The van der Waals surface area contributed by atoms with Gasteiger partial charge in [-0.05, 0) is 19.1 Å². The molecule has 72 valence electrons. The molecular formula is C7H9O4PS.